The number of fused-ring (bicyclic) bond motifs is 2. The van der Waals surface area contributed by atoms with E-state index in [1.807, 2.05) is 48.5 Å². The molecule has 0 aliphatic rings. The molecule has 0 saturated carbocycles. The zero-order valence-electron chi connectivity index (χ0n) is 20.3. The van der Waals surface area contributed by atoms with Crippen LogP contribution in [0.15, 0.2) is 109 Å². The molecule has 0 aliphatic heterocycles. The number of carbonyl (C=O) groups is 2. The summed E-state index contributed by atoms with van der Waals surface area (Å²) in [5, 5.41) is 2.77. The van der Waals surface area contributed by atoms with Gasteiger partial charge in [-0.3, -0.25) is 9.59 Å². The van der Waals surface area contributed by atoms with Crippen molar-refractivity contribution in [2.75, 3.05) is 0 Å². The lowest BCUT2D eigenvalue weighted by Crippen LogP contribution is -2.04. The highest BCUT2D eigenvalue weighted by Crippen LogP contribution is 2.39. The highest BCUT2D eigenvalue weighted by Gasteiger charge is 2.20. The van der Waals surface area contributed by atoms with E-state index in [0.717, 1.165) is 21.9 Å². The van der Waals surface area contributed by atoms with Crippen molar-refractivity contribution >= 4 is 68.2 Å². The number of benzene rings is 5. The van der Waals surface area contributed by atoms with Crippen molar-refractivity contribution in [3.8, 4) is 11.1 Å². The second-order valence-electron chi connectivity index (χ2n) is 9.05. The molecule has 0 spiro atoms. The minimum absolute atomic E-state index is 0.199. The third-order valence-corrected chi connectivity index (χ3v) is 7.67. The molecule has 0 radical (unpaired) electrons. The molecule has 6 heteroatoms. The predicted molar refractivity (Wildman–Crippen MR) is 159 cm³/mol. The van der Waals surface area contributed by atoms with Gasteiger partial charge in [0.1, 0.15) is 0 Å². The standard InChI is InChI=1S/C33H18Cl3NO2/c34-26-10-4-1-7-21(26)31-24-17-19(32(38)22-8-2-5-11-27(22)35)13-15-29(24)37-30-16-14-20(18-25(30)31)33(39)23-9-3-6-12-28(23)36/h1-18H. The zero-order chi connectivity index (χ0) is 27.1. The summed E-state index contributed by atoms with van der Waals surface area (Å²) in [7, 11) is 0. The van der Waals surface area contributed by atoms with Gasteiger partial charge in [0.2, 0.25) is 0 Å². The van der Waals surface area contributed by atoms with Crippen LogP contribution in [0.5, 0.6) is 0 Å². The Kier molecular flexibility index (Phi) is 6.66. The Morgan fingerprint density at radius 1 is 0.513 bits per heavy atom. The normalized spacial score (nSPS) is 11.2. The number of hydrogen-bond acceptors (Lipinski definition) is 3. The third kappa shape index (κ3) is 4.59. The van der Waals surface area contributed by atoms with Crippen molar-refractivity contribution in [3.05, 3.63) is 147 Å². The van der Waals surface area contributed by atoms with E-state index in [-0.39, 0.29) is 11.6 Å². The molecule has 1 heterocycles. The second-order valence-corrected chi connectivity index (χ2v) is 10.3. The number of pyridine rings is 1. The van der Waals surface area contributed by atoms with Gasteiger partial charge in [-0.25, -0.2) is 4.98 Å². The summed E-state index contributed by atoms with van der Waals surface area (Å²) < 4.78 is 0. The topological polar surface area (TPSA) is 47.0 Å². The van der Waals surface area contributed by atoms with Crippen LogP contribution >= 0.6 is 34.8 Å². The Labute approximate surface area is 239 Å². The Bertz CT molecular complexity index is 1830. The molecule has 5 aromatic carbocycles. The number of aromatic nitrogens is 1. The number of rotatable bonds is 5. The van der Waals surface area contributed by atoms with Crippen LogP contribution in [-0.2, 0) is 0 Å². The Morgan fingerprint density at radius 3 is 1.41 bits per heavy atom. The monoisotopic (exact) mass is 565 g/mol. The molecule has 188 valence electrons. The van der Waals surface area contributed by atoms with Crippen molar-refractivity contribution < 1.29 is 9.59 Å². The van der Waals surface area contributed by atoms with E-state index in [1.54, 1.807) is 60.7 Å². The van der Waals surface area contributed by atoms with Crippen LogP contribution in [0.4, 0.5) is 0 Å². The van der Waals surface area contributed by atoms with Crippen LogP contribution in [0.3, 0.4) is 0 Å². The maximum absolute atomic E-state index is 13.4. The summed E-state index contributed by atoms with van der Waals surface area (Å²) in [5.74, 6) is -0.397. The molecule has 0 fully saturated rings. The lowest BCUT2D eigenvalue weighted by molar-refractivity contribution is 0.103. The molecule has 0 unspecified atom stereocenters. The summed E-state index contributed by atoms with van der Waals surface area (Å²) >= 11 is 19.4. The lowest BCUT2D eigenvalue weighted by Gasteiger charge is -2.15. The zero-order valence-corrected chi connectivity index (χ0v) is 22.6. The van der Waals surface area contributed by atoms with Crippen LogP contribution < -0.4 is 0 Å². The van der Waals surface area contributed by atoms with Gasteiger partial charge in [-0.15, -0.1) is 0 Å². The first-order valence-electron chi connectivity index (χ1n) is 12.1. The fraction of sp³-hybridized carbons (Fsp3) is 0. The van der Waals surface area contributed by atoms with Gasteiger partial charge in [-0.05, 0) is 66.7 Å². The quantitative estimate of drug-likeness (QED) is 0.154. The molecule has 0 aliphatic carbocycles. The number of hydrogen-bond donors (Lipinski definition) is 0. The molecular formula is C33H18Cl3NO2. The number of halogens is 3. The first kappa shape index (κ1) is 25.3. The molecule has 6 rings (SSSR count). The Morgan fingerprint density at radius 2 is 0.949 bits per heavy atom. The summed E-state index contributed by atoms with van der Waals surface area (Å²) in [4.78, 5) is 31.7. The second kappa shape index (κ2) is 10.3. The maximum Gasteiger partial charge on any atom is 0.194 e. The van der Waals surface area contributed by atoms with Crippen molar-refractivity contribution in [2.24, 2.45) is 0 Å². The first-order valence-corrected chi connectivity index (χ1v) is 13.3. The minimum atomic E-state index is -0.199. The molecule has 0 N–H and O–H groups in total. The molecule has 3 nitrogen and oxygen atoms in total. The van der Waals surface area contributed by atoms with E-state index in [9.17, 15) is 9.59 Å². The summed E-state index contributed by atoms with van der Waals surface area (Å²) in [6, 6.07) is 32.2. The third-order valence-electron chi connectivity index (χ3n) is 6.68. The average Bonchev–Trinajstić information content (AvgIpc) is 2.96. The van der Waals surface area contributed by atoms with Crippen LogP contribution in [0, 0.1) is 0 Å². The van der Waals surface area contributed by atoms with E-state index in [1.165, 1.54) is 0 Å². The van der Waals surface area contributed by atoms with Gasteiger partial charge in [0.25, 0.3) is 0 Å². The number of nitrogens with zero attached hydrogens (tertiary/aromatic N) is 1. The van der Waals surface area contributed by atoms with Crippen molar-refractivity contribution in [2.45, 2.75) is 0 Å². The molecule has 1 aromatic heterocycles. The Hall–Kier alpha value is -4.02. The largest absolute Gasteiger partial charge is 0.289 e. The Balaban J connectivity index is 1.63. The van der Waals surface area contributed by atoms with Gasteiger partial charge in [-0.1, -0.05) is 77.3 Å². The highest BCUT2D eigenvalue weighted by atomic mass is 35.5. The molecule has 0 amide bonds. The van der Waals surface area contributed by atoms with Gasteiger partial charge in [0, 0.05) is 49.2 Å². The molecule has 0 bridgehead atoms. The fourth-order valence-corrected chi connectivity index (χ4v) is 5.45. The molecular weight excluding hydrogens is 549 g/mol. The van der Waals surface area contributed by atoms with E-state index in [4.69, 9.17) is 39.8 Å². The first-order chi connectivity index (χ1) is 18.9. The van der Waals surface area contributed by atoms with Gasteiger partial charge in [-0.2, -0.15) is 0 Å². The fourth-order valence-electron chi connectivity index (χ4n) is 4.78. The molecule has 39 heavy (non-hydrogen) atoms. The van der Waals surface area contributed by atoms with Gasteiger partial charge >= 0.3 is 0 Å². The number of carbonyl (C=O) groups excluding carboxylic acids is 2. The van der Waals surface area contributed by atoms with Crippen LogP contribution in [-0.4, -0.2) is 16.6 Å². The summed E-state index contributed by atoms with van der Waals surface area (Å²) in [5.41, 5.74) is 4.70. The van der Waals surface area contributed by atoms with Crippen LogP contribution in [0.25, 0.3) is 32.9 Å². The van der Waals surface area contributed by atoms with Gasteiger partial charge in [0.15, 0.2) is 11.6 Å². The average molecular weight is 567 g/mol. The van der Waals surface area contributed by atoms with Crippen molar-refractivity contribution in [3.63, 3.8) is 0 Å². The van der Waals surface area contributed by atoms with Crippen LogP contribution in [0.2, 0.25) is 15.1 Å². The highest BCUT2D eigenvalue weighted by molar-refractivity contribution is 6.36. The smallest absolute Gasteiger partial charge is 0.194 e. The molecule has 0 atom stereocenters. The minimum Gasteiger partial charge on any atom is -0.289 e. The van der Waals surface area contributed by atoms with E-state index in [0.29, 0.717) is 48.4 Å². The van der Waals surface area contributed by atoms with Crippen LogP contribution in [0.1, 0.15) is 31.8 Å². The van der Waals surface area contributed by atoms with Gasteiger partial charge < -0.3 is 0 Å². The maximum atomic E-state index is 13.4. The van der Waals surface area contributed by atoms with E-state index in [2.05, 4.69) is 0 Å². The SMILES string of the molecule is O=C(c1ccc2nc3ccc(C(=O)c4ccccc4Cl)cc3c(-c3ccccc3Cl)c2c1)c1ccccc1Cl. The summed E-state index contributed by atoms with van der Waals surface area (Å²) in [6.07, 6.45) is 0. The van der Waals surface area contributed by atoms with E-state index >= 15 is 0 Å². The molecule has 6 aromatic rings. The van der Waals surface area contributed by atoms with Gasteiger partial charge in [0.05, 0.1) is 21.1 Å². The molecule has 0 saturated heterocycles. The van der Waals surface area contributed by atoms with Crippen molar-refractivity contribution in [1.29, 1.82) is 0 Å². The predicted octanol–water partition coefficient (Wildman–Crippen LogP) is 9.48. The lowest BCUT2D eigenvalue weighted by atomic mass is 9.92. The van der Waals surface area contributed by atoms with E-state index < -0.39 is 0 Å². The number of ketones is 2. The van der Waals surface area contributed by atoms with Crippen molar-refractivity contribution in [1.82, 2.24) is 4.98 Å². The summed E-state index contributed by atoms with van der Waals surface area (Å²) in [6.45, 7) is 0.